The average Bonchev–Trinajstić information content (AvgIpc) is 3.12. The number of carbonyl (C=O) groups excluding carboxylic acids is 1. The topological polar surface area (TPSA) is 67.2 Å². The van der Waals surface area contributed by atoms with Crippen LogP contribution in [-0.4, -0.2) is 16.0 Å². The molecule has 0 saturated heterocycles. The number of benzene rings is 3. The lowest BCUT2D eigenvalue weighted by atomic mass is 10.2. The maximum atomic E-state index is 13.0. The van der Waals surface area contributed by atoms with Crippen molar-refractivity contribution >= 4 is 51.6 Å². The molecule has 3 aromatic carbocycles. The molecular weight excluding hydrogens is 413 g/mol. The Hall–Kier alpha value is -3.29. The number of oxazole rings is 1. The van der Waals surface area contributed by atoms with Crippen LogP contribution in [0.25, 0.3) is 22.6 Å². The maximum absolute atomic E-state index is 13.0. The van der Waals surface area contributed by atoms with E-state index in [4.69, 9.17) is 28.2 Å². The van der Waals surface area contributed by atoms with Crippen LogP contribution >= 0.6 is 23.8 Å². The summed E-state index contributed by atoms with van der Waals surface area (Å²) in [6.45, 7) is 0. The molecule has 5 nitrogen and oxygen atoms in total. The van der Waals surface area contributed by atoms with Crippen LogP contribution < -0.4 is 10.6 Å². The van der Waals surface area contributed by atoms with Gasteiger partial charge in [-0.3, -0.25) is 10.1 Å². The third-order valence-electron chi connectivity index (χ3n) is 4.05. The molecule has 0 aliphatic rings. The van der Waals surface area contributed by atoms with Gasteiger partial charge in [-0.1, -0.05) is 17.7 Å². The molecule has 4 rings (SSSR count). The summed E-state index contributed by atoms with van der Waals surface area (Å²) < 4.78 is 18.7. The molecule has 1 aromatic heterocycles. The zero-order valence-corrected chi connectivity index (χ0v) is 16.4. The normalized spacial score (nSPS) is 10.7. The van der Waals surface area contributed by atoms with Gasteiger partial charge in [-0.15, -0.1) is 0 Å². The van der Waals surface area contributed by atoms with Crippen molar-refractivity contribution in [3.63, 3.8) is 0 Å². The molecule has 0 spiro atoms. The first-order chi connectivity index (χ1) is 14.0. The van der Waals surface area contributed by atoms with Crippen molar-refractivity contribution in [3.8, 4) is 11.5 Å². The number of fused-ring (bicyclic) bond motifs is 1. The smallest absolute Gasteiger partial charge is 0.257 e. The molecule has 8 heteroatoms. The van der Waals surface area contributed by atoms with Gasteiger partial charge in [-0.05, 0) is 72.9 Å². The van der Waals surface area contributed by atoms with Gasteiger partial charge in [-0.2, -0.15) is 0 Å². The van der Waals surface area contributed by atoms with E-state index in [9.17, 15) is 9.18 Å². The Labute approximate surface area is 175 Å². The molecule has 1 amide bonds. The number of aromatic nitrogens is 1. The van der Waals surface area contributed by atoms with Gasteiger partial charge in [0, 0.05) is 21.8 Å². The van der Waals surface area contributed by atoms with E-state index in [-0.39, 0.29) is 5.11 Å². The van der Waals surface area contributed by atoms with Crippen LogP contribution in [-0.2, 0) is 0 Å². The quantitative estimate of drug-likeness (QED) is 0.429. The minimum atomic E-state index is -0.437. The molecule has 29 heavy (non-hydrogen) atoms. The lowest BCUT2D eigenvalue weighted by Gasteiger charge is -2.09. The first-order valence-corrected chi connectivity index (χ1v) is 9.31. The van der Waals surface area contributed by atoms with E-state index in [0.29, 0.717) is 33.3 Å². The largest absolute Gasteiger partial charge is 0.436 e. The molecule has 0 saturated carbocycles. The standard InChI is InChI=1S/C21H13ClFN3O2S/c22-14-3-1-2-13(10-14)20-25-17-11-16(8-9-18(17)28-20)24-21(29)26-19(27)12-4-6-15(23)7-5-12/h1-11H,(H2,24,26,27,29). The van der Waals surface area contributed by atoms with Crippen LogP contribution in [0.3, 0.4) is 0 Å². The van der Waals surface area contributed by atoms with Crippen LogP contribution in [0.4, 0.5) is 10.1 Å². The number of halogens is 2. The summed E-state index contributed by atoms with van der Waals surface area (Å²) in [5, 5.41) is 6.18. The number of hydrogen-bond acceptors (Lipinski definition) is 4. The van der Waals surface area contributed by atoms with Crippen molar-refractivity contribution in [2.24, 2.45) is 0 Å². The molecule has 0 fully saturated rings. The molecule has 0 aliphatic heterocycles. The van der Waals surface area contributed by atoms with E-state index in [0.717, 1.165) is 5.56 Å². The highest BCUT2D eigenvalue weighted by atomic mass is 35.5. The average molecular weight is 426 g/mol. The van der Waals surface area contributed by atoms with Gasteiger partial charge >= 0.3 is 0 Å². The summed E-state index contributed by atoms with van der Waals surface area (Å²) in [6, 6.07) is 17.7. The van der Waals surface area contributed by atoms with Crippen LogP contribution in [0.1, 0.15) is 10.4 Å². The Bertz CT molecular complexity index is 1220. The molecule has 0 bridgehead atoms. The van der Waals surface area contributed by atoms with E-state index in [1.807, 2.05) is 12.1 Å². The van der Waals surface area contributed by atoms with Gasteiger partial charge in [0.15, 0.2) is 10.7 Å². The molecule has 0 atom stereocenters. The van der Waals surface area contributed by atoms with Crippen LogP contribution in [0.2, 0.25) is 5.02 Å². The summed E-state index contributed by atoms with van der Waals surface area (Å²) in [6.07, 6.45) is 0. The number of amides is 1. The Morgan fingerprint density at radius 2 is 1.86 bits per heavy atom. The number of carbonyl (C=O) groups is 1. The van der Waals surface area contributed by atoms with Crippen LogP contribution in [0, 0.1) is 5.82 Å². The van der Waals surface area contributed by atoms with Gasteiger partial charge in [0.25, 0.3) is 5.91 Å². The number of nitrogens with one attached hydrogen (secondary N) is 2. The third-order valence-corrected chi connectivity index (χ3v) is 4.49. The molecule has 144 valence electrons. The summed E-state index contributed by atoms with van der Waals surface area (Å²) in [4.78, 5) is 16.6. The lowest BCUT2D eigenvalue weighted by Crippen LogP contribution is -2.34. The fraction of sp³-hybridized carbons (Fsp3) is 0. The molecule has 2 N–H and O–H groups in total. The highest BCUT2D eigenvalue weighted by molar-refractivity contribution is 7.80. The monoisotopic (exact) mass is 425 g/mol. The second kappa shape index (κ2) is 7.98. The van der Waals surface area contributed by atoms with Crippen molar-refractivity contribution in [1.82, 2.24) is 10.3 Å². The molecule has 1 heterocycles. The van der Waals surface area contributed by atoms with Crippen LogP contribution in [0.15, 0.2) is 71.1 Å². The van der Waals surface area contributed by atoms with Gasteiger partial charge in [-0.25, -0.2) is 9.37 Å². The summed E-state index contributed by atoms with van der Waals surface area (Å²) >= 11 is 11.2. The SMILES string of the molecule is O=C(NC(=S)Nc1ccc2oc(-c3cccc(Cl)c3)nc2c1)c1ccc(F)cc1. The zero-order chi connectivity index (χ0) is 20.4. The van der Waals surface area contributed by atoms with E-state index in [2.05, 4.69) is 15.6 Å². The van der Waals surface area contributed by atoms with Crippen molar-refractivity contribution in [2.45, 2.75) is 0 Å². The summed E-state index contributed by atoms with van der Waals surface area (Å²) in [7, 11) is 0. The summed E-state index contributed by atoms with van der Waals surface area (Å²) in [5.41, 5.74) is 2.93. The summed E-state index contributed by atoms with van der Waals surface area (Å²) in [5.74, 6) is -0.402. The number of anilines is 1. The zero-order valence-electron chi connectivity index (χ0n) is 14.8. The Kier molecular flexibility index (Phi) is 5.24. The van der Waals surface area contributed by atoms with Crippen molar-refractivity contribution in [3.05, 3.63) is 83.1 Å². The third kappa shape index (κ3) is 4.42. The van der Waals surface area contributed by atoms with E-state index in [1.54, 1.807) is 30.3 Å². The second-order valence-corrected chi connectivity index (χ2v) is 6.97. The number of nitrogens with zero attached hydrogens (tertiary/aromatic N) is 1. The molecule has 0 radical (unpaired) electrons. The van der Waals surface area contributed by atoms with Gasteiger partial charge in [0.1, 0.15) is 11.3 Å². The lowest BCUT2D eigenvalue weighted by molar-refractivity contribution is 0.0977. The molecular formula is C21H13ClFN3O2S. The van der Waals surface area contributed by atoms with Gasteiger partial charge < -0.3 is 9.73 Å². The molecule has 4 aromatic rings. The van der Waals surface area contributed by atoms with Crippen LogP contribution in [0.5, 0.6) is 0 Å². The predicted molar refractivity (Wildman–Crippen MR) is 115 cm³/mol. The predicted octanol–water partition coefficient (Wildman–Crippen LogP) is 5.41. The molecule has 0 aliphatic carbocycles. The van der Waals surface area contributed by atoms with E-state index >= 15 is 0 Å². The highest BCUT2D eigenvalue weighted by Gasteiger charge is 2.11. The van der Waals surface area contributed by atoms with Gasteiger partial charge in [0.2, 0.25) is 5.89 Å². The van der Waals surface area contributed by atoms with E-state index < -0.39 is 11.7 Å². The minimum absolute atomic E-state index is 0.109. The maximum Gasteiger partial charge on any atom is 0.257 e. The number of hydrogen-bond donors (Lipinski definition) is 2. The fourth-order valence-corrected chi connectivity index (χ4v) is 3.09. The number of rotatable bonds is 3. The first kappa shape index (κ1) is 19.0. The number of thiocarbonyl (C=S) groups is 1. The highest BCUT2D eigenvalue weighted by Crippen LogP contribution is 2.27. The Morgan fingerprint density at radius 3 is 2.62 bits per heavy atom. The fourth-order valence-electron chi connectivity index (χ4n) is 2.69. The molecule has 0 unspecified atom stereocenters. The Morgan fingerprint density at radius 1 is 1.07 bits per heavy atom. The second-order valence-electron chi connectivity index (χ2n) is 6.13. The first-order valence-electron chi connectivity index (χ1n) is 8.52. The van der Waals surface area contributed by atoms with E-state index in [1.165, 1.54) is 24.3 Å². The Balaban J connectivity index is 1.48. The van der Waals surface area contributed by atoms with Crippen molar-refractivity contribution < 1.29 is 13.6 Å². The minimum Gasteiger partial charge on any atom is -0.436 e. The van der Waals surface area contributed by atoms with Crippen molar-refractivity contribution in [1.29, 1.82) is 0 Å². The van der Waals surface area contributed by atoms with Gasteiger partial charge in [0.05, 0.1) is 0 Å². The van der Waals surface area contributed by atoms with Crippen molar-refractivity contribution in [2.75, 3.05) is 5.32 Å².